The van der Waals surface area contributed by atoms with Gasteiger partial charge >= 0.3 is 10.4 Å². The van der Waals surface area contributed by atoms with Gasteiger partial charge < -0.3 is 0 Å². The highest BCUT2D eigenvalue weighted by molar-refractivity contribution is 14.1. The molecule has 7 heteroatoms. The van der Waals surface area contributed by atoms with E-state index in [0.29, 0.717) is 0 Å². The molecule has 0 aliphatic rings. The van der Waals surface area contributed by atoms with Crippen LogP contribution in [0.1, 0.15) is 0 Å². The summed E-state index contributed by atoms with van der Waals surface area (Å²) < 4.78 is 33.3. The van der Waals surface area contributed by atoms with Crippen LogP contribution in [0.5, 0.6) is 0 Å². The van der Waals surface area contributed by atoms with Gasteiger partial charge in [0.25, 0.3) is 0 Å². The second kappa shape index (κ2) is 2.77. The Morgan fingerprint density at radius 2 is 2.00 bits per heavy atom. The van der Waals surface area contributed by atoms with Crippen molar-refractivity contribution in [1.82, 2.24) is 0 Å². The Morgan fingerprint density at radius 1 is 1.57 bits per heavy atom. The lowest BCUT2D eigenvalue weighted by Crippen LogP contribution is -1.98. The molecule has 0 aromatic carbocycles. The molecule has 0 rings (SSSR count). The van der Waals surface area contributed by atoms with E-state index in [1.54, 1.807) is 0 Å². The molecule has 1 N–H and O–H groups in total. The molecule has 0 radical (unpaired) electrons. The Labute approximate surface area is 54.2 Å². The zero-order valence-corrected chi connectivity index (χ0v) is 5.84. The van der Waals surface area contributed by atoms with E-state index in [1.807, 2.05) is 0 Å². The molecule has 0 saturated heterocycles. The van der Waals surface area contributed by atoms with Gasteiger partial charge in [-0.25, -0.2) is 0 Å². The summed E-state index contributed by atoms with van der Waals surface area (Å²) in [6.07, 6.45) is 0. The molecule has 0 fully saturated rings. The molecule has 0 unspecified atom stereocenters. The van der Waals surface area contributed by atoms with Crippen LogP contribution in [0.15, 0.2) is 0 Å². The first-order valence-electron chi connectivity index (χ1n) is 1.00. The van der Waals surface area contributed by atoms with Gasteiger partial charge in [-0.1, -0.05) is 4.33 Å². The van der Waals surface area contributed by atoms with Crippen molar-refractivity contribution >= 4 is 33.4 Å². The average molecular weight is 240 g/mol. The third-order valence-electron chi connectivity index (χ3n) is 0.112. The van der Waals surface area contributed by atoms with Crippen molar-refractivity contribution in [2.24, 2.45) is 0 Å². The van der Waals surface area contributed by atoms with E-state index in [-0.39, 0.29) is 0 Å². The highest BCUT2D eigenvalue weighted by Crippen LogP contribution is 1.91. The molecule has 0 amide bonds. The van der Waals surface area contributed by atoms with Crippen LogP contribution < -0.4 is 0 Å². The van der Waals surface area contributed by atoms with E-state index in [0.717, 1.165) is 23.0 Å². The standard InChI is InChI=1S/HIO5S/c1-5-6-7(2,3)4/h(H,2,3,4). The van der Waals surface area contributed by atoms with Gasteiger partial charge in [-0.05, 0) is 0 Å². The molecular formula is HIO5S. The van der Waals surface area contributed by atoms with Crippen LogP contribution in [-0.4, -0.2) is 13.0 Å². The lowest BCUT2D eigenvalue weighted by molar-refractivity contribution is -0.0508. The largest absolute Gasteiger partial charge is 0.424 e. The Bertz CT molecular complexity index is 121. The van der Waals surface area contributed by atoms with E-state index in [2.05, 4.69) is 7.55 Å². The molecule has 7 heavy (non-hydrogen) atoms. The van der Waals surface area contributed by atoms with E-state index in [4.69, 9.17) is 4.55 Å². The van der Waals surface area contributed by atoms with Gasteiger partial charge in [0.2, 0.25) is 0 Å². The Balaban J connectivity index is 3.60. The monoisotopic (exact) mass is 240 g/mol. The molecule has 5 nitrogen and oxygen atoms in total. The summed E-state index contributed by atoms with van der Waals surface area (Å²) in [6, 6.07) is 0. The van der Waals surface area contributed by atoms with E-state index < -0.39 is 10.4 Å². The smallest absolute Gasteiger partial charge is 0.262 e. The molecule has 0 aliphatic carbocycles. The Kier molecular flexibility index (Phi) is 2.99. The summed E-state index contributed by atoms with van der Waals surface area (Å²) in [5, 5.41) is 0. The van der Waals surface area contributed by atoms with Crippen LogP contribution in [0.3, 0.4) is 0 Å². The van der Waals surface area contributed by atoms with Crippen molar-refractivity contribution in [2.75, 3.05) is 0 Å². The van der Waals surface area contributed by atoms with Crippen molar-refractivity contribution in [1.29, 1.82) is 0 Å². The quantitative estimate of drug-likeness (QED) is 0.320. The minimum absolute atomic E-state index is 1.15. The minimum Gasteiger partial charge on any atom is -0.262 e. The van der Waals surface area contributed by atoms with Crippen LogP contribution in [0.25, 0.3) is 0 Å². The van der Waals surface area contributed by atoms with E-state index >= 15 is 0 Å². The normalized spacial score (nSPS) is 11.7. The molecule has 0 saturated carbocycles. The van der Waals surface area contributed by atoms with Crippen LogP contribution in [0.2, 0.25) is 0 Å². The molecule has 0 bridgehead atoms. The predicted molar refractivity (Wildman–Crippen MR) is 27.7 cm³/mol. The van der Waals surface area contributed by atoms with E-state index in [1.165, 1.54) is 0 Å². The summed E-state index contributed by atoms with van der Waals surface area (Å²) in [7, 11) is -4.40. The number of rotatable bonds is 2. The molecule has 44 valence electrons. The predicted octanol–water partition coefficient (Wildman–Crippen LogP) is 0.0874. The fourth-order valence-electron chi connectivity index (χ4n) is 0.0325. The SMILES string of the molecule is O=S(=O)(O)OOI. The highest BCUT2D eigenvalue weighted by Gasteiger charge is 2.01. The first-order chi connectivity index (χ1) is 3.06. The molecule has 0 aromatic heterocycles. The topological polar surface area (TPSA) is 72.8 Å². The van der Waals surface area contributed by atoms with Crippen LogP contribution in [0.4, 0.5) is 0 Å². The van der Waals surface area contributed by atoms with Gasteiger partial charge in [-0.2, -0.15) is 8.42 Å². The zero-order valence-electron chi connectivity index (χ0n) is 2.87. The van der Waals surface area contributed by atoms with Crippen LogP contribution in [0, 0.1) is 0 Å². The summed E-state index contributed by atoms with van der Waals surface area (Å²) in [5.41, 5.74) is 0. The second-order valence-electron chi connectivity index (χ2n) is 0.559. The number of halogens is 1. The van der Waals surface area contributed by atoms with Gasteiger partial charge in [-0.15, -0.1) is 3.22 Å². The minimum atomic E-state index is -4.40. The summed E-state index contributed by atoms with van der Waals surface area (Å²) in [5.74, 6) is 0. The molecule has 0 heterocycles. The zero-order chi connectivity index (χ0) is 5.91. The van der Waals surface area contributed by atoms with Gasteiger partial charge in [0.15, 0.2) is 23.0 Å². The van der Waals surface area contributed by atoms with Crippen molar-refractivity contribution in [3.8, 4) is 0 Å². The molecule has 0 aliphatic heterocycles. The lowest BCUT2D eigenvalue weighted by atomic mass is 15.0. The second-order valence-corrected chi connectivity index (χ2v) is 1.91. The maximum atomic E-state index is 9.43. The first-order valence-corrected chi connectivity index (χ1v) is 3.25. The van der Waals surface area contributed by atoms with Crippen LogP contribution >= 0.6 is 23.0 Å². The number of hydrogen-bond donors (Lipinski definition) is 1. The molecule has 0 aromatic rings. The van der Waals surface area contributed by atoms with Gasteiger partial charge in [0, 0.05) is 0 Å². The maximum absolute atomic E-state index is 9.43. The lowest BCUT2D eigenvalue weighted by Gasteiger charge is -1.85. The third-order valence-corrected chi connectivity index (χ3v) is 0.776. The van der Waals surface area contributed by atoms with Gasteiger partial charge in [-0.3, -0.25) is 4.55 Å². The average Bonchev–Trinajstić information content (AvgIpc) is 1.30. The maximum Gasteiger partial charge on any atom is 0.424 e. The van der Waals surface area contributed by atoms with Crippen molar-refractivity contribution < 1.29 is 20.5 Å². The fourth-order valence-corrected chi connectivity index (χ4v) is 0.654. The van der Waals surface area contributed by atoms with Crippen molar-refractivity contribution in [3.05, 3.63) is 0 Å². The van der Waals surface area contributed by atoms with E-state index in [9.17, 15) is 8.42 Å². The molecule has 0 atom stereocenters. The fraction of sp³-hybridized carbons (Fsp3) is 0. The Hall–Kier alpha value is 0.560. The summed E-state index contributed by atoms with van der Waals surface area (Å²) in [6.45, 7) is 0. The number of hydrogen-bond acceptors (Lipinski definition) is 4. The first kappa shape index (κ1) is 7.56. The third kappa shape index (κ3) is 6.56. The summed E-state index contributed by atoms with van der Waals surface area (Å²) >= 11 is 1.15. The van der Waals surface area contributed by atoms with Crippen LogP contribution in [-0.2, 0) is 17.9 Å². The van der Waals surface area contributed by atoms with Gasteiger partial charge in [0.1, 0.15) is 0 Å². The van der Waals surface area contributed by atoms with Crippen molar-refractivity contribution in [3.63, 3.8) is 0 Å². The van der Waals surface area contributed by atoms with Gasteiger partial charge in [0.05, 0.1) is 0 Å². The molecular weight excluding hydrogens is 239 g/mol. The highest BCUT2D eigenvalue weighted by atomic mass is 127. The Morgan fingerprint density at radius 3 is 2.00 bits per heavy atom. The molecule has 0 spiro atoms. The summed E-state index contributed by atoms with van der Waals surface area (Å²) in [4.78, 5) is 0. The van der Waals surface area contributed by atoms with Crippen molar-refractivity contribution in [2.45, 2.75) is 0 Å².